The minimum atomic E-state index is -5.53. The molecule has 0 spiro atoms. The van der Waals surface area contributed by atoms with E-state index in [0.29, 0.717) is 6.08 Å². The van der Waals surface area contributed by atoms with Crippen LogP contribution in [0.4, 0.5) is 13.2 Å². The Morgan fingerprint density at radius 3 is 2.44 bits per heavy atom. The lowest BCUT2D eigenvalue weighted by molar-refractivity contribution is -0.204. The average molecular weight is 379 g/mol. The Morgan fingerprint density at radius 2 is 1.92 bits per heavy atom. The zero-order valence-corrected chi connectivity index (χ0v) is 14.1. The molecule has 1 aromatic rings. The highest BCUT2D eigenvalue weighted by atomic mass is 32.2. The fourth-order valence-corrected chi connectivity index (χ4v) is 3.99. The first-order valence-corrected chi connectivity index (χ1v) is 8.70. The molecule has 0 bridgehead atoms. The van der Waals surface area contributed by atoms with Gasteiger partial charge in [-0.3, -0.25) is 0 Å². The molecule has 2 N–H and O–H groups in total. The molecule has 1 heterocycles. The van der Waals surface area contributed by atoms with Crippen LogP contribution in [0, 0.1) is 5.92 Å². The van der Waals surface area contributed by atoms with Crippen LogP contribution in [0.2, 0.25) is 0 Å². The minimum absolute atomic E-state index is 0.0406. The van der Waals surface area contributed by atoms with Gasteiger partial charge in [0.1, 0.15) is 11.3 Å². The van der Waals surface area contributed by atoms with E-state index in [1.165, 1.54) is 18.2 Å². The largest absolute Gasteiger partial charge is 0.478 e. The van der Waals surface area contributed by atoms with Crippen molar-refractivity contribution in [2.75, 3.05) is 6.54 Å². The van der Waals surface area contributed by atoms with Crippen LogP contribution < -0.4 is 9.46 Å². The lowest BCUT2D eigenvalue weighted by atomic mass is 10.0. The van der Waals surface area contributed by atoms with E-state index in [1.54, 1.807) is 13.8 Å². The van der Waals surface area contributed by atoms with Gasteiger partial charge in [0.15, 0.2) is 0 Å². The number of carbonyl (C=O) groups is 1. The number of ether oxygens (including phenoxy) is 1. The molecule has 0 saturated heterocycles. The van der Waals surface area contributed by atoms with E-state index in [2.05, 4.69) is 0 Å². The van der Waals surface area contributed by atoms with Crippen LogP contribution in [0.5, 0.6) is 5.75 Å². The summed E-state index contributed by atoms with van der Waals surface area (Å²) in [5.41, 5.74) is -1.38. The molecule has 1 aliphatic heterocycles. The molecular formula is C15H16F3NO5S. The van der Waals surface area contributed by atoms with Gasteiger partial charge in [-0.15, -0.1) is 0 Å². The van der Waals surface area contributed by atoms with E-state index in [4.69, 9.17) is 4.74 Å². The molecule has 2 rings (SSSR count). The molecule has 138 valence electrons. The lowest BCUT2D eigenvalue weighted by Crippen LogP contribution is -2.63. The van der Waals surface area contributed by atoms with Gasteiger partial charge in [-0.05, 0) is 18.1 Å². The molecule has 0 radical (unpaired) electrons. The second-order valence-electron chi connectivity index (χ2n) is 5.86. The van der Waals surface area contributed by atoms with E-state index in [-0.39, 0.29) is 23.8 Å². The van der Waals surface area contributed by atoms with Gasteiger partial charge in [0.2, 0.25) is 0 Å². The Morgan fingerprint density at radius 1 is 1.32 bits per heavy atom. The van der Waals surface area contributed by atoms with Gasteiger partial charge >= 0.3 is 17.1 Å². The summed E-state index contributed by atoms with van der Waals surface area (Å²) in [5, 5.41) is 9.26. The number of rotatable bonds is 5. The van der Waals surface area contributed by atoms with Gasteiger partial charge in [-0.1, -0.05) is 32.0 Å². The molecule has 0 amide bonds. The molecule has 10 heteroatoms. The van der Waals surface area contributed by atoms with E-state index in [0.717, 1.165) is 6.07 Å². The number of para-hydroxylation sites is 1. The first kappa shape index (κ1) is 19.3. The summed E-state index contributed by atoms with van der Waals surface area (Å²) in [6, 6.07) is 5.29. The predicted molar refractivity (Wildman–Crippen MR) is 83.2 cm³/mol. The first-order valence-electron chi connectivity index (χ1n) is 7.22. The number of sulfonamides is 1. The Bertz CT molecular complexity index is 817. The smallest absolute Gasteiger partial charge is 0.449 e. The second kappa shape index (κ2) is 6.34. The number of halogens is 3. The van der Waals surface area contributed by atoms with Crippen molar-refractivity contribution < 1.29 is 36.2 Å². The van der Waals surface area contributed by atoms with E-state index in [9.17, 15) is 31.5 Å². The van der Waals surface area contributed by atoms with Gasteiger partial charge in [0, 0.05) is 12.1 Å². The van der Waals surface area contributed by atoms with Crippen molar-refractivity contribution in [3.8, 4) is 5.75 Å². The number of benzene rings is 1. The maximum atomic E-state index is 13.9. The van der Waals surface area contributed by atoms with E-state index in [1.807, 2.05) is 4.72 Å². The second-order valence-corrected chi connectivity index (χ2v) is 7.73. The molecule has 6 nitrogen and oxygen atoms in total. The van der Waals surface area contributed by atoms with Crippen LogP contribution in [0.1, 0.15) is 19.4 Å². The third kappa shape index (κ3) is 3.23. The molecule has 0 fully saturated rings. The van der Waals surface area contributed by atoms with E-state index < -0.39 is 32.7 Å². The average Bonchev–Trinajstić information content (AvgIpc) is 2.50. The fourth-order valence-electron chi connectivity index (χ4n) is 2.30. The molecule has 1 aromatic carbocycles. The minimum Gasteiger partial charge on any atom is -0.478 e. The number of fused-ring (bicyclic) bond motifs is 1. The number of hydrogen-bond acceptors (Lipinski definition) is 4. The Kier molecular flexibility index (Phi) is 4.88. The first-order chi connectivity index (χ1) is 11.4. The van der Waals surface area contributed by atoms with Gasteiger partial charge in [-0.25, -0.2) is 17.9 Å². The highest BCUT2D eigenvalue weighted by Gasteiger charge is 2.72. The van der Waals surface area contributed by atoms with Crippen molar-refractivity contribution in [3.05, 3.63) is 35.4 Å². The zero-order valence-electron chi connectivity index (χ0n) is 13.3. The topological polar surface area (TPSA) is 92.7 Å². The molecule has 1 atom stereocenters. The highest BCUT2D eigenvalue weighted by Crippen LogP contribution is 2.48. The molecule has 25 heavy (non-hydrogen) atoms. The standard InChI is InChI=1S/C15H16F3NO5S/c1-9(2)8-19-25(22,23)14(15(16,17)18)11(13(20)21)7-10-5-3-4-6-12(10)24-14/h3-7,9,19H,8H2,1-2H3,(H,20,21). The Labute approximate surface area is 142 Å². The molecular weight excluding hydrogens is 363 g/mol. The number of carboxylic acid groups (broad SMARTS) is 1. The van der Waals surface area contributed by atoms with E-state index >= 15 is 0 Å². The summed E-state index contributed by atoms with van der Waals surface area (Å²) < 4.78 is 73.3. The molecule has 0 saturated carbocycles. The quantitative estimate of drug-likeness (QED) is 0.820. The van der Waals surface area contributed by atoms with Crippen LogP contribution in [-0.2, 0) is 14.8 Å². The van der Waals surface area contributed by atoms with Crippen molar-refractivity contribution in [1.82, 2.24) is 4.72 Å². The number of alkyl halides is 3. The zero-order chi connectivity index (χ0) is 19.0. The molecule has 1 aliphatic rings. The maximum Gasteiger partial charge on any atom is 0.449 e. The normalized spacial score (nSPS) is 20.6. The summed E-state index contributed by atoms with van der Waals surface area (Å²) in [7, 11) is -5.28. The summed E-state index contributed by atoms with van der Waals surface area (Å²) in [6.45, 7) is 2.87. The van der Waals surface area contributed by atoms with Crippen molar-refractivity contribution in [2.24, 2.45) is 5.92 Å². The van der Waals surface area contributed by atoms with Crippen molar-refractivity contribution in [2.45, 2.75) is 25.0 Å². The third-order valence-electron chi connectivity index (χ3n) is 3.49. The maximum absolute atomic E-state index is 13.9. The lowest BCUT2D eigenvalue weighted by Gasteiger charge is -2.38. The Balaban J connectivity index is 2.74. The van der Waals surface area contributed by atoms with Gasteiger partial charge in [0.25, 0.3) is 10.0 Å². The summed E-state index contributed by atoms with van der Waals surface area (Å²) >= 11 is 0. The van der Waals surface area contributed by atoms with Crippen LogP contribution in [0.15, 0.2) is 29.8 Å². The van der Waals surface area contributed by atoms with Crippen LogP contribution in [0.3, 0.4) is 0 Å². The highest BCUT2D eigenvalue weighted by molar-refractivity contribution is 7.91. The number of nitrogens with one attached hydrogen (secondary N) is 1. The SMILES string of the molecule is CC(C)CNS(=O)(=O)C1(C(F)(F)F)Oc2ccccc2C=C1C(=O)O. The van der Waals surface area contributed by atoms with Crippen LogP contribution in [0.25, 0.3) is 6.08 Å². The molecule has 0 aliphatic carbocycles. The number of aliphatic carboxylic acids is 1. The predicted octanol–water partition coefficient (Wildman–Crippen LogP) is 2.38. The van der Waals surface area contributed by atoms with Gasteiger partial charge < -0.3 is 9.84 Å². The molecule has 1 unspecified atom stereocenters. The third-order valence-corrected chi connectivity index (χ3v) is 5.33. The summed E-state index contributed by atoms with van der Waals surface area (Å²) in [5.74, 6) is -2.71. The van der Waals surface area contributed by atoms with Crippen molar-refractivity contribution in [3.63, 3.8) is 0 Å². The van der Waals surface area contributed by atoms with Crippen molar-refractivity contribution >= 4 is 22.1 Å². The number of carboxylic acids is 1. The Hall–Kier alpha value is -2.07. The monoisotopic (exact) mass is 379 g/mol. The fraction of sp³-hybridized carbons (Fsp3) is 0.400. The van der Waals surface area contributed by atoms with Gasteiger partial charge in [0.05, 0.1) is 0 Å². The van der Waals surface area contributed by atoms with Gasteiger partial charge in [-0.2, -0.15) is 13.2 Å². The van der Waals surface area contributed by atoms with Crippen molar-refractivity contribution in [1.29, 1.82) is 0 Å². The summed E-state index contributed by atoms with van der Waals surface area (Å²) in [4.78, 5) is 7.42. The molecule has 0 aromatic heterocycles. The summed E-state index contributed by atoms with van der Waals surface area (Å²) in [6.07, 6.45) is -4.86. The number of hydrogen-bond donors (Lipinski definition) is 2. The van der Waals surface area contributed by atoms with Crippen LogP contribution in [-0.4, -0.2) is 37.1 Å². The van der Waals surface area contributed by atoms with Crippen LogP contribution >= 0.6 is 0 Å².